The lowest BCUT2D eigenvalue weighted by atomic mass is 9.98. The summed E-state index contributed by atoms with van der Waals surface area (Å²) in [6, 6.07) is 28.8. The third-order valence-electron chi connectivity index (χ3n) is 9.91. The van der Waals surface area contributed by atoms with Crippen LogP contribution >= 0.6 is 0 Å². The van der Waals surface area contributed by atoms with Crippen LogP contribution in [0.25, 0.3) is 11.1 Å². The van der Waals surface area contributed by atoms with Crippen LogP contribution in [0.1, 0.15) is 76.1 Å². The molecule has 0 radical (unpaired) electrons. The van der Waals surface area contributed by atoms with E-state index >= 15 is 0 Å². The van der Waals surface area contributed by atoms with Crippen LogP contribution in [0.2, 0.25) is 0 Å². The fourth-order valence-electron chi connectivity index (χ4n) is 6.65. The van der Waals surface area contributed by atoms with E-state index in [4.69, 9.17) is 24.7 Å². The van der Waals surface area contributed by atoms with Gasteiger partial charge in [0.15, 0.2) is 0 Å². The maximum Gasteiger partial charge on any atom is 0.426 e. The highest BCUT2D eigenvalue weighted by Gasteiger charge is 2.33. The highest BCUT2D eigenvalue weighted by Crippen LogP contribution is 2.44. The summed E-state index contributed by atoms with van der Waals surface area (Å²) < 4.78 is 22.9. The minimum Gasteiger partial charge on any atom is -0.461 e. The number of fused-ring (bicyclic) bond motifs is 3. The summed E-state index contributed by atoms with van der Waals surface area (Å²) in [4.78, 5) is 80.6. The molecule has 6 N–H and O–H groups in total. The first-order valence-corrected chi connectivity index (χ1v) is 21.3. The minimum absolute atomic E-state index is 0.00691. The smallest absolute Gasteiger partial charge is 0.426 e. The number of esters is 1. The van der Waals surface area contributed by atoms with E-state index in [1.807, 2.05) is 54.6 Å². The highest BCUT2D eigenvalue weighted by molar-refractivity contribution is 5.93. The molecular formula is C48H59N7O10. The Hall–Kier alpha value is -6.98. The molecule has 0 heterocycles. The van der Waals surface area contributed by atoms with E-state index in [0.717, 1.165) is 37.8 Å². The van der Waals surface area contributed by atoms with Gasteiger partial charge < -0.3 is 35.3 Å². The monoisotopic (exact) mass is 893 g/mol. The number of hydrazine groups is 2. The van der Waals surface area contributed by atoms with E-state index < -0.39 is 59.2 Å². The van der Waals surface area contributed by atoms with Crippen LogP contribution in [-0.2, 0) is 46.5 Å². The first-order valence-electron chi connectivity index (χ1n) is 21.3. The summed E-state index contributed by atoms with van der Waals surface area (Å²) in [5.74, 6) is -2.67. The number of ether oxygens (including phenoxy) is 4. The molecule has 0 spiro atoms. The van der Waals surface area contributed by atoms with Crippen LogP contribution in [0.4, 0.5) is 14.4 Å². The van der Waals surface area contributed by atoms with E-state index in [-0.39, 0.29) is 51.9 Å². The first kappa shape index (κ1) is 49.0. The summed E-state index contributed by atoms with van der Waals surface area (Å²) in [6.45, 7) is 9.27. The molecule has 0 aromatic heterocycles. The Morgan fingerprint density at radius 1 is 0.615 bits per heavy atom. The number of carbonyl (C=O) groups excluding carboxylic acids is 6. The number of benzene rings is 4. The van der Waals surface area contributed by atoms with E-state index in [2.05, 4.69) is 21.5 Å². The SMILES string of the molecule is CC(C)(C)OC[C@H](NC(=O)[C@H](COC(C)(C)C)NC(=O)N(Cc1ccccc1)NC(=O)OCC1c2ccccc2-c2ccccc21)C(=O)NN(CCC(=O)OCc1ccccc1)C(N)=O. The fourth-order valence-corrected chi connectivity index (χ4v) is 6.65. The van der Waals surface area contributed by atoms with Gasteiger partial charge >= 0.3 is 24.1 Å². The molecule has 0 bridgehead atoms. The molecule has 4 aromatic carbocycles. The van der Waals surface area contributed by atoms with E-state index in [1.165, 1.54) is 0 Å². The molecule has 0 unspecified atom stereocenters. The molecule has 7 amide bonds. The summed E-state index contributed by atoms with van der Waals surface area (Å²) in [6.07, 6.45) is -1.22. The van der Waals surface area contributed by atoms with Gasteiger partial charge in [-0.15, -0.1) is 0 Å². The average molecular weight is 894 g/mol. The Labute approximate surface area is 379 Å². The molecule has 5 rings (SSSR count). The number of hydrogen-bond acceptors (Lipinski definition) is 10. The molecule has 1 aliphatic carbocycles. The van der Waals surface area contributed by atoms with Crippen molar-refractivity contribution in [2.75, 3.05) is 26.4 Å². The second-order valence-corrected chi connectivity index (χ2v) is 17.3. The predicted octanol–water partition coefficient (Wildman–Crippen LogP) is 5.68. The van der Waals surface area contributed by atoms with Crippen molar-refractivity contribution < 1.29 is 47.7 Å². The van der Waals surface area contributed by atoms with Gasteiger partial charge in [-0.3, -0.25) is 19.8 Å². The lowest BCUT2D eigenvalue weighted by Crippen LogP contribution is -2.61. The fraction of sp³-hybridized carbons (Fsp3) is 0.375. The lowest BCUT2D eigenvalue weighted by molar-refractivity contribution is -0.145. The predicted molar refractivity (Wildman–Crippen MR) is 241 cm³/mol. The minimum atomic E-state index is -1.46. The Balaban J connectivity index is 1.29. The maximum atomic E-state index is 14.2. The van der Waals surface area contributed by atoms with E-state index in [0.29, 0.717) is 5.56 Å². The van der Waals surface area contributed by atoms with Crippen molar-refractivity contribution >= 4 is 35.9 Å². The molecule has 346 valence electrons. The van der Waals surface area contributed by atoms with Crippen LogP contribution in [0.15, 0.2) is 109 Å². The number of nitrogens with zero attached hydrogens (tertiary/aromatic N) is 2. The van der Waals surface area contributed by atoms with Gasteiger partial charge in [0.2, 0.25) is 5.91 Å². The van der Waals surface area contributed by atoms with Gasteiger partial charge in [0.1, 0.15) is 25.3 Å². The molecule has 0 fully saturated rings. The zero-order valence-electron chi connectivity index (χ0n) is 37.6. The van der Waals surface area contributed by atoms with Gasteiger partial charge in [-0.2, -0.15) is 0 Å². The topological polar surface area (TPSA) is 220 Å². The number of nitrogens with one attached hydrogen (secondary N) is 4. The van der Waals surface area contributed by atoms with Crippen molar-refractivity contribution in [3.8, 4) is 11.1 Å². The third-order valence-corrected chi connectivity index (χ3v) is 9.91. The van der Waals surface area contributed by atoms with Gasteiger partial charge in [-0.1, -0.05) is 109 Å². The van der Waals surface area contributed by atoms with Crippen LogP contribution < -0.4 is 27.2 Å². The molecule has 1 aliphatic rings. The van der Waals surface area contributed by atoms with Crippen molar-refractivity contribution in [1.29, 1.82) is 0 Å². The Bertz CT molecular complexity index is 2220. The van der Waals surface area contributed by atoms with Crippen LogP contribution in [0.5, 0.6) is 0 Å². The second-order valence-electron chi connectivity index (χ2n) is 17.3. The number of nitrogens with two attached hydrogens (primary N) is 1. The van der Waals surface area contributed by atoms with Crippen LogP contribution in [-0.4, -0.2) is 95.6 Å². The Morgan fingerprint density at radius 3 is 1.66 bits per heavy atom. The van der Waals surface area contributed by atoms with Gasteiger partial charge in [0.05, 0.1) is 43.9 Å². The summed E-state index contributed by atoms with van der Waals surface area (Å²) in [7, 11) is 0. The van der Waals surface area contributed by atoms with Gasteiger partial charge in [-0.05, 0) is 74.9 Å². The molecule has 4 aromatic rings. The normalized spacial score (nSPS) is 13.0. The summed E-state index contributed by atoms with van der Waals surface area (Å²) in [5, 5.41) is 6.95. The van der Waals surface area contributed by atoms with Crippen LogP contribution in [0, 0.1) is 0 Å². The van der Waals surface area contributed by atoms with Crippen molar-refractivity contribution in [1.82, 2.24) is 31.5 Å². The first-order chi connectivity index (χ1) is 30.9. The number of carbonyl (C=O) groups is 6. The number of primary amides is 1. The summed E-state index contributed by atoms with van der Waals surface area (Å²) >= 11 is 0. The molecule has 17 heteroatoms. The largest absolute Gasteiger partial charge is 0.461 e. The lowest BCUT2D eigenvalue weighted by Gasteiger charge is -2.30. The zero-order valence-corrected chi connectivity index (χ0v) is 37.6. The quantitative estimate of drug-likeness (QED) is 0.0645. The third kappa shape index (κ3) is 15.4. The molecular weight excluding hydrogens is 835 g/mol. The van der Waals surface area contributed by atoms with Gasteiger partial charge in [0.25, 0.3) is 5.91 Å². The second kappa shape index (κ2) is 22.6. The number of amides is 7. The van der Waals surface area contributed by atoms with Gasteiger partial charge in [0, 0.05) is 5.92 Å². The number of rotatable bonds is 17. The Kier molecular flexibility index (Phi) is 17.0. The number of urea groups is 2. The highest BCUT2D eigenvalue weighted by atomic mass is 16.6. The summed E-state index contributed by atoms with van der Waals surface area (Å²) in [5.41, 5.74) is 14.4. The van der Waals surface area contributed by atoms with E-state index in [1.54, 1.807) is 96.1 Å². The maximum absolute atomic E-state index is 14.2. The standard InChI is InChI=1S/C48H59N7O10/c1-47(2,3)64-30-39(42(57)50-40(31-65-48(4,5)6)43(58)52-54(44(49)59)26-25-41(56)62-28-33-19-11-8-12-20-33)51-45(60)55(27-32-17-9-7-10-18-32)53-46(61)63-29-38-36-23-15-13-21-34(36)35-22-14-16-24-37(35)38/h7-24,38-40H,25-31H2,1-6H3,(H2,49,59)(H,50,57)(H,51,60)(H,52,58)(H,53,61)/t39-,40-/m0/s1. The zero-order chi connectivity index (χ0) is 47.1. The van der Waals surface area contributed by atoms with E-state index in [9.17, 15) is 28.8 Å². The Morgan fingerprint density at radius 2 is 1.12 bits per heavy atom. The van der Waals surface area contributed by atoms with Crippen molar-refractivity contribution in [2.45, 2.75) is 90.3 Å². The number of hydrogen-bond donors (Lipinski definition) is 5. The van der Waals surface area contributed by atoms with Crippen molar-refractivity contribution in [2.24, 2.45) is 5.73 Å². The molecule has 17 nitrogen and oxygen atoms in total. The molecule has 0 aliphatic heterocycles. The molecule has 65 heavy (non-hydrogen) atoms. The van der Waals surface area contributed by atoms with Crippen molar-refractivity contribution in [3.05, 3.63) is 131 Å². The van der Waals surface area contributed by atoms with Gasteiger partial charge in [-0.25, -0.2) is 29.8 Å². The molecule has 0 saturated carbocycles. The molecule has 0 saturated heterocycles. The van der Waals surface area contributed by atoms with Crippen LogP contribution in [0.3, 0.4) is 0 Å². The van der Waals surface area contributed by atoms with Crippen molar-refractivity contribution in [3.63, 3.8) is 0 Å². The molecule has 2 atom stereocenters. The average Bonchev–Trinajstić information content (AvgIpc) is 3.59.